The van der Waals surface area contributed by atoms with Crippen LogP contribution in [-0.2, 0) is 35.7 Å². The highest BCUT2D eigenvalue weighted by Crippen LogP contribution is 2.39. The monoisotopic (exact) mass is 702 g/mol. The Kier molecular flexibility index (Phi) is 13.6. The number of hydrazine groups is 1. The number of hydrogen-bond acceptors (Lipinski definition) is 10. The van der Waals surface area contributed by atoms with Crippen LogP contribution in [0.15, 0.2) is 58.4 Å². The van der Waals surface area contributed by atoms with E-state index in [1.165, 1.54) is 25.3 Å². The van der Waals surface area contributed by atoms with Crippen molar-refractivity contribution in [2.45, 2.75) is 87.4 Å². The van der Waals surface area contributed by atoms with Gasteiger partial charge >= 0.3 is 16.0 Å². The van der Waals surface area contributed by atoms with Gasteiger partial charge < -0.3 is 30.6 Å². The Morgan fingerprint density at radius 2 is 1.82 bits per heavy atom. The second-order valence-corrected chi connectivity index (χ2v) is 14.0. The summed E-state index contributed by atoms with van der Waals surface area (Å²) in [5, 5.41) is 11.6. The lowest BCUT2D eigenvalue weighted by Crippen LogP contribution is -2.55. The lowest BCUT2D eigenvalue weighted by atomic mass is 9.84. The first-order chi connectivity index (χ1) is 23.5. The van der Waals surface area contributed by atoms with Crippen LogP contribution in [0.4, 0.5) is 0 Å². The number of benzene rings is 2. The standard InChI is InChI=1S/C33H46N6O9S/c1-46-30-17-16-27(20-28(30)25-12-6-3-7-13-25)49(44,45)38(39(42)43)29(15-8-18-36-33(34)35)32(41)37(21-26-14-9-19-47-26)22-31(40)48-23-24-10-4-2-5-11-24/h2,4-5,10-11,16-17,20,25-26,29H,3,6-9,12-15,18-19,21-23H2,1H3,(H4,34,35,36)/t26?,29-/m0/s1. The van der Waals surface area contributed by atoms with Crippen molar-refractivity contribution in [1.29, 1.82) is 0 Å². The lowest BCUT2D eigenvalue weighted by Gasteiger charge is -2.30. The topological polar surface area (TPSA) is 210 Å². The number of nitro groups is 1. The van der Waals surface area contributed by atoms with Crippen molar-refractivity contribution < 1.29 is 37.2 Å². The number of methoxy groups -OCH3 is 1. The normalized spacial score (nSPS) is 17.1. The molecule has 2 aliphatic rings. The van der Waals surface area contributed by atoms with E-state index in [1.54, 1.807) is 24.3 Å². The van der Waals surface area contributed by atoms with Crippen molar-refractivity contribution in [1.82, 2.24) is 9.31 Å². The van der Waals surface area contributed by atoms with Crippen LogP contribution in [0, 0.1) is 10.1 Å². The maximum atomic E-state index is 14.4. The zero-order valence-electron chi connectivity index (χ0n) is 27.8. The zero-order chi connectivity index (χ0) is 35.4. The number of aliphatic imine (C=N–C) groups is 1. The molecule has 1 heterocycles. The SMILES string of the molecule is COc1ccc(S(=O)(=O)N([C@@H](CCCN=C(N)N)C(=O)N(CC(=O)OCc2ccccc2)CC2CCCO2)[N+](=O)[O-])cc1C1CCCCC1. The highest BCUT2D eigenvalue weighted by molar-refractivity contribution is 7.89. The predicted molar refractivity (Wildman–Crippen MR) is 180 cm³/mol. The minimum Gasteiger partial charge on any atom is -0.496 e. The molecule has 15 nitrogen and oxygen atoms in total. The van der Waals surface area contributed by atoms with E-state index in [4.69, 9.17) is 25.7 Å². The Labute approximate surface area is 286 Å². The molecule has 49 heavy (non-hydrogen) atoms. The van der Waals surface area contributed by atoms with Gasteiger partial charge in [-0.1, -0.05) is 49.6 Å². The van der Waals surface area contributed by atoms with Gasteiger partial charge in [0.25, 0.3) is 5.91 Å². The van der Waals surface area contributed by atoms with Crippen molar-refractivity contribution in [3.63, 3.8) is 0 Å². The van der Waals surface area contributed by atoms with Crippen molar-refractivity contribution in [2.75, 3.05) is 33.4 Å². The number of nitrogens with zero attached hydrogens (tertiary/aromatic N) is 4. The van der Waals surface area contributed by atoms with Crippen molar-refractivity contribution in [3.05, 3.63) is 69.8 Å². The van der Waals surface area contributed by atoms with E-state index in [9.17, 15) is 28.1 Å². The summed E-state index contributed by atoms with van der Waals surface area (Å²) in [6.45, 7) is -0.292. The molecule has 2 aromatic carbocycles. The van der Waals surface area contributed by atoms with Gasteiger partial charge in [-0.3, -0.25) is 14.6 Å². The minimum absolute atomic E-state index is 0.00484. The van der Waals surface area contributed by atoms with Crippen molar-refractivity contribution in [2.24, 2.45) is 16.5 Å². The Bertz CT molecular complexity index is 1560. The molecule has 0 spiro atoms. The summed E-state index contributed by atoms with van der Waals surface area (Å²) in [5.74, 6) is -1.43. The number of esters is 1. The van der Waals surface area contributed by atoms with Crippen LogP contribution in [0.1, 0.15) is 74.8 Å². The molecule has 0 radical (unpaired) electrons. The summed E-state index contributed by atoms with van der Waals surface area (Å²) in [7, 11) is -3.44. The molecule has 2 atom stereocenters. The van der Waals surface area contributed by atoms with E-state index in [0.29, 0.717) is 24.3 Å². The van der Waals surface area contributed by atoms with Gasteiger partial charge in [-0.25, -0.2) is 10.1 Å². The summed E-state index contributed by atoms with van der Waals surface area (Å²) in [6, 6.07) is 11.2. The first-order valence-corrected chi connectivity index (χ1v) is 18.0. The summed E-state index contributed by atoms with van der Waals surface area (Å²) >= 11 is 0. The fourth-order valence-electron chi connectivity index (χ4n) is 6.32. The fourth-order valence-corrected chi connectivity index (χ4v) is 7.76. The van der Waals surface area contributed by atoms with Crippen LogP contribution in [0.25, 0.3) is 0 Å². The molecule has 0 aromatic heterocycles. The van der Waals surface area contributed by atoms with E-state index in [0.717, 1.165) is 49.0 Å². The number of nitrogens with two attached hydrogens (primary N) is 2. The summed E-state index contributed by atoms with van der Waals surface area (Å²) in [6.07, 6.45) is 5.21. The third kappa shape index (κ3) is 10.3. The average Bonchev–Trinajstić information content (AvgIpc) is 3.61. The third-order valence-electron chi connectivity index (χ3n) is 8.76. The molecule has 2 aromatic rings. The van der Waals surface area contributed by atoms with Crippen molar-refractivity contribution in [3.8, 4) is 5.75 Å². The van der Waals surface area contributed by atoms with Gasteiger partial charge in [-0.05, 0) is 73.8 Å². The van der Waals surface area contributed by atoms with Crippen LogP contribution in [0.3, 0.4) is 0 Å². The molecule has 4 rings (SSSR count). The number of hydrogen-bond donors (Lipinski definition) is 2. The Morgan fingerprint density at radius 1 is 1.08 bits per heavy atom. The molecule has 1 unspecified atom stereocenters. The van der Waals surface area contributed by atoms with E-state index < -0.39 is 45.6 Å². The van der Waals surface area contributed by atoms with Gasteiger partial charge in [0.05, 0.1) is 18.1 Å². The fraction of sp³-hybridized carbons (Fsp3) is 0.545. The van der Waals surface area contributed by atoms with Gasteiger partial charge in [0, 0.05) is 24.1 Å². The molecule has 268 valence electrons. The van der Waals surface area contributed by atoms with Gasteiger partial charge in [0.2, 0.25) is 0 Å². The molecule has 1 aliphatic heterocycles. The number of ether oxygens (including phenoxy) is 3. The van der Waals surface area contributed by atoms with Gasteiger partial charge in [-0.2, -0.15) is 8.42 Å². The summed E-state index contributed by atoms with van der Waals surface area (Å²) < 4.78 is 45.1. The second-order valence-electron chi connectivity index (χ2n) is 12.2. The van der Waals surface area contributed by atoms with Crippen LogP contribution < -0.4 is 16.2 Å². The Hall–Kier alpha value is -4.44. The first-order valence-electron chi connectivity index (χ1n) is 16.5. The summed E-state index contributed by atoms with van der Waals surface area (Å²) in [5.41, 5.74) is 12.3. The van der Waals surface area contributed by atoms with E-state index in [-0.39, 0.29) is 53.7 Å². The number of amides is 1. The zero-order valence-corrected chi connectivity index (χ0v) is 28.6. The quantitative estimate of drug-likeness (QED) is 0.0611. The number of guanidine groups is 1. The second kappa shape index (κ2) is 17.8. The smallest absolute Gasteiger partial charge is 0.325 e. The predicted octanol–water partition coefficient (Wildman–Crippen LogP) is 3.10. The molecular weight excluding hydrogens is 656 g/mol. The number of sulfonamides is 1. The molecule has 16 heteroatoms. The third-order valence-corrected chi connectivity index (χ3v) is 10.5. The van der Waals surface area contributed by atoms with Crippen LogP contribution in [0.5, 0.6) is 5.75 Å². The lowest BCUT2D eigenvalue weighted by molar-refractivity contribution is -0.625. The number of carbonyl (C=O) groups excluding carboxylic acids is 2. The molecule has 1 saturated heterocycles. The number of rotatable bonds is 17. The molecule has 1 amide bonds. The van der Waals surface area contributed by atoms with E-state index in [2.05, 4.69) is 4.99 Å². The van der Waals surface area contributed by atoms with E-state index in [1.807, 2.05) is 6.07 Å². The van der Waals surface area contributed by atoms with E-state index >= 15 is 0 Å². The first kappa shape index (κ1) is 37.4. The van der Waals surface area contributed by atoms with Gasteiger partial charge in [0.1, 0.15) is 18.9 Å². The van der Waals surface area contributed by atoms with Gasteiger partial charge in [0.15, 0.2) is 17.0 Å². The van der Waals surface area contributed by atoms with Gasteiger partial charge in [-0.15, -0.1) is 0 Å². The number of carbonyl (C=O) groups is 2. The van der Waals surface area contributed by atoms with Crippen LogP contribution in [-0.4, -0.2) is 86.1 Å². The largest absolute Gasteiger partial charge is 0.496 e. The Balaban J connectivity index is 1.69. The maximum Gasteiger partial charge on any atom is 0.325 e. The summed E-state index contributed by atoms with van der Waals surface area (Å²) in [4.78, 5) is 44.8. The average molecular weight is 703 g/mol. The van der Waals surface area contributed by atoms with Crippen molar-refractivity contribution >= 4 is 27.9 Å². The molecular formula is C33H46N6O9S. The van der Waals surface area contributed by atoms with Crippen LogP contribution in [0.2, 0.25) is 0 Å². The highest BCUT2D eigenvalue weighted by atomic mass is 32.2. The molecule has 1 saturated carbocycles. The highest BCUT2D eigenvalue weighted by Gasteiger charge is 2.46. The Morgan fingerprint density at radius 3 is 2.45 bits per heavy atom. The maximum absolute atomic E-state index is 14.4. The van der Waals surface area contributed by atoms with Crippen LogP contribution >= 0.6 is 0 Å². The molecule has 0 bridgehead atoms. The minimum atomic E-state index is -4.92. The molecule has 1 aliphatic carbocycles. The molecule has 4 N–H and O–H groups in total. The molecule has 2 fully saturated rings.